The molecule has 8 nitrogen and oxygen atoms in total. The molecule has 4 aromatic rings. The van der Waals surface area contributed by atoms with Crippen LogP contribution in [-0.4, -0.2) is 42.3 Å². The van der Waals surface area contributed by atoms with Crippen molar-refractivity contribution in [3.05, 3.63) is 76.5 Å². The molecular weight excluding hydrogens is 523 g/mol. The van der Waals surface area contributed by atoms with Crippen molar-refractivity contribution in [1.29, 1.82) is 0 Å². The molecule has 0 radical (unpaired) electrons. The predicted molar refractivity (Wildman–Crippen MR) is 140 cm³/mol. The summed E-state index contributed by atoms with van der Waals surface area (Å²) in [7, 11) is -4.21. The summed E-state index contributed by atoms with van der Waals surface area (Å²) in [4.78, 5) is 12.5. The molecule has 0 saturated heterocycles. The van der Waals surface area contributed by atoms with Gasteiger partial charge in [0.05, 0.1) is 28.4 Å². The van der Waals surface area contributed by atoms with Crippen LogP contribution in [0.2, 0.25) is 10.0 Å². The standard InChI is InChI=1S/C25H24Cl2N4O4S/c1-3-4-11-35-25(32)16-31(36(33,34)22-14-19(26)13-20(27)15-22)21-6-7-23-18(12-21)9-10-30(23)24-8-5-17(2)28-29-24/h5-10,12-15H,3-4,11,16H2,1-2H3. The quantitative estimate of drug-likeness (QED) is 0.201. The van der Waals surface area contributed by atoms with Gasteiger partial charge < -0.3 is 4.74 Å². The first-order valence-corrected chi connectivity index (χ1v) is 13.4. The predicted octanol–water partition coefficient (Wildman–Crippen LogP) is 5.57. The summed E-state index contributed by atoms with van der Waals surface area (Å²) in [5, 5.41) is 9.40. The maximum absolute atomic E-state index is 13.7. The van der Waals surface area contributed by atoms with Crippen LogP contribution in [0.5, 0.6) is 0 Å². The highest BCUT2D eigenvalue weighted by Crippen LogP contribution is 2.31. The Kier molecular flexibility index (Phi) is 7.82. The maximum Gasteiger partial charge on any atom is 0.326 e. The number of aryl methyl sites for hydroxylation is 1. The summed E-state index contributed by atoms with van der Waals surface area (Å²) < 4.78 is 35.5. The van der Waals surface area contributed by atoms with Crippen LogP contribution >= 0.6 is 23.2 Å². The van der Waals surface area contributed by atoms with Crippen molar-refractivity contribution in [2.45, 2.75) is 31.6 Å². The van der Waals surface area contributed by atoms with Gasteiger partial charge in [0, 0.05) is 21.6 Å². The van der Waals surface area contributed by atoms with Gasteiger partial charge in [-0.2, -0.15) is 5.10 Å². The summed E-state index contributed by atoms with van der Waals surface area (Å²) in [5.41, 5.74) is 1.88. The van der Waals surface area contributed by atoms with E-state index in [-0.39, 0.29) is 21.5 Å². The number of aromatic nitrogens is 3. The van der Waals surface area contributed by atoms with E-state index in [0.717, 1.165) is 27.3 Å². The number of rotatable bonds is 9. The van der Waals surface area contributed by atoms with E-state index in [2.05, 4.69) is 10.2 Å². The Bertz CT molecular complexity index is 1480. The van der Waals surface area contributed by atoms with E-state index in [1.54, 1.807) is 18.2 Å². The first-order chi connectivity index (χ1) is 17.2. The van der Waals surface area contributed by atoms with Crippen LogP contribution in [0.3, 0.4) is 0 Å². The number of hydrogen-bond acceptors (Lipinski definition) is 6. The molecule has 36 heavy (non-hydrogen) atoms. The number of benzene rings is 2. The molecule has 0 spiro atoms. The van der Waals surface area contributed by atoms with E-state index in [4.69, 9.17) is 27.9 Å². The molecule has 4 rings (SSSR count). The molecule has 188 valence electrons. The fourth-order valence-corrected chi connectivity index (χ4v) is 5.75. The van der Waals surface area contributed by atoms with Gasteiger partial charge in [0.2, 0.25) is 0 Å². The number of halogens is 2. The minimum absolute atomic E-state index is 0.131. The maximum atomic E-state index is 13.7. The van der Waals surface area contributed by atoms with E-state index in [1.807, 2.05) is 42.8 Å². The average molecular weight is 547 g/mol. The lowest BCUT2D eigenvalue weighted by Crippen LogP contribution is -2.36. The zero-order valence-corrected chi connectivity index (χ0v) is 22.0. The van der Waals surface area contributed by atoms with Crippen LogP contribution in [0, 0.1) is 6.92 Å². The van der Waals surface area contributed by atoms with Gasteiger partial charge in [-0.3, -0.25) is 13.7 Å². The Morgan fingerprint density at radius 3 is 2.44 bits per heavy atom. The first kappa shape index (κ1) is 25.9. The Morgan fingerprint density at radius 1 is 1.03 bits per heavy atom. The molecule has 2 aromatic heterocycles. The molecule has 0 saturated carbocycles. The summed E-state index contributed by atoms with van der Waals surface area (Å²) in [5.74, 6) is -0.0337. The second-order valence-electron chi connectivity index (χ2n) is 8.15. The smallest absolute Gasteiger partial charge is 0.326 e. The van der Waals surface area contributed by atoms with Crippen molar-refractivity contribution in [2.75, 3.05) is 17.5 Å². The average Bonchev–Trinajstić information content (AvgIpc) is 3.26. The molecule has 11 heteroatoms. The number of esters is 1. The Hall–Kier alpha value is -3.14. The number of carbonyl (C=O) groups is 1. The number of ether oxygens (including phenoxy) is 1. The Balaban J connectivity index is 1.76. The number of sulfonamides is 1. The van der Waals surface area contributed by atoms with Gasteiger partial charge in [0.1, 0.15) is 6.54 Å². The lowest BCUT2D eigenvalue weighted by molar-refractivity contribution is -0.141. The number of unbranched alkanes of at least 4 members (excludes halogenated alkanes) is 1. The SMILES string of the molecule is CCCCOC(=O)CN(c1ccc2c(ccn2-c2ccc(C)nn2)c1)S(=O)(=O)c1cc(Cl)cc(Cl)c1. The third-order valence-electron chi connectivity index (χ3n) is 5.45. The first-order valence-electron chi connectivity index (χ1n) is 11.3. The molecular formula is C25H24Cl2N4O4S. The minimum Gasteiger partial charge on any atom is -0.464 e. The normalized spacial score (nSPS) is 11.6. The van der Waals surface area contributed by atoms with Gasteiger partial charge in [-0.15, -0.1) is 5.10 Å². The largest absolute Gasteiger partial charge is 0.464 e. The summed E-state index contributed by atoms with van der Waals surface area (Å²) in [6, 6.07) is 14.7. The van der Waals surface area contributed by atoms with E-state index in [1.165, 1.54) is 18.2 Å². The Labute approximate surface area is 219 Å². The number of anilines is 1. The molecule has 0 bridgehead atoms. The summed E-state index contributed by atoms with van der Waals surface area (Å²) in [6.07, 6.45) is 3.35. The molecule has 0 aliphatic heterocycles. The third kappa shape index (κ3) is 5.64. The highest BCUT2D eigenvalue weighted by Gasteiger charge is 2.29. The fourth-order valence-electron chi connectivity index (χ4n) is 3.62. The van der Waals surface area contributed by atoms with E-state index >= 15 is 0 Å². The summed E-state index contributed by atoms with van der Waals surface area (Å²) in [6.45, 7) is 3.53. The minimum atomic E-state index is -4.21. The number of nitrogens with zero attached hydrogens (tertiary/aromatic N) is 4. The van der Waals surface area contributed by atoms with Crippen LogP contribution in [0.15, 0.2) is 65.7 Å². The number of hydrogen-bond donors (Lipinski definition) is 0. The van der Waals surface area contributed by atoms with Crippen molar-refractivity contribution in [1.82, 2.24) is 14.8 Å². The van der Waals surface area contributed by atoms with Crippen molar-refractivity contribution in [3.63, 3.8) is 0 Å². The van der Waals surface area contributed by atoms with Crippen LogP contribution in [0.4, 0.5) is 5.69 Å². The zero-order valence-electron chi connectivity index (χ0n) is 19.7. The van der Waals surface area contributed by atoms with Gasteiger partial charge in [-0.05, 0) is 67.9 Å². The van der Waals surface area contributed by atoms with Gasteiger partial charge >= 0.3 is 5.97 Å². The molecule has 0 aliphatic carbocycles. The third-order valence-corrected chi connectivity index (χ3v) is 7.64. The van der Waals surface area contributed by atoms with Crippen LogP contribution in [0.25, 0.3) is 16.7 Å². The number of carbonyl (C=O) groups excluding carboxylic acids is 1. The molecule has 0 fully saturated rings. The van der Waals surface area contributed by atoms with E-state index in [9.17, 15) is 13.2 Å². The molecule has 2 heterocycles. The molecule has 0 aliphatic rings. The van der Waals surface area contributed by atoms with Crippen LogP contribution < -0.4 is 4.31 Å². The summed E-state index contributed by atoms with van der Waals surface area (Å²) >= 11 is 12.1. The Morgan fingerprint density at radius 2 is 1.78 bits per heavy atom. The topological polar surface area (TPSA) is 94.4 Å². The van der Waals surface area contributed by atoms with Gasteiger partial charge in [-0.1, -0.05) is 36.5 Å². The van der Waals surface area contributed by atoms with E-state index < -0.39 is 22.5 Å². The molecule has 0 atom stereocenters. The monoisotopic (exact) mass is 546 g/mol. The van der Waals surface area contributed by atoms with Crippen molar-refractivity contribution in [2.24, 2.45) is 0 Å². The molecule has 2 aromatic carbocycles. The van der Waals surface area contributed by atoms with Crippen molar-refractivity contribution >= 4 is 55.8 Å². The number of fused-ring (bicyclic) bond motifs is 1. The van der Waals surface area contributed by atoms with Gasteiger partial charge in [-0.25, -0.2) is 8.42 Å². The highest BCUT2D eigenvalue weighted by atomic mass is 35.5. The molecule has 0 amide bonds. The van der Waals surface area contributed by atoms with E-state index in [0.29, 0.717) is 17.9 Å². The molecule has 0 N–H and O–H groups in total. The second kappa shape index (κ2) is 10.9. The van der Waals surface area contributed by atoms with Crippen LogP contribution in [0.1, 0.15) is 25.5 Å². The lowest BCUT2D eigenvalue weighted by Gasteiger charge is -2.24. The zero-order chi connectivity index (χ0) is 25.9. The van der Waals surface area contributed by atoms with Crippen LogP contribution in [-0.2, 0) is 19.6 Å². The van der Waals surface area contributed by atoms with Gasteiger partial charge in [0.15, 0.2) is 5.82 Å². The van der Waals surface area contributed by atoms with Crippen molar-refractivity contribution in [3.8, 4) is 5.82 Å². The highest BCUT2D eigenvalue weighted by molar-refractivity contribution is 7.92. The molecule has 0 unspecified atom stereocenters. The fraction of sp³-hybridized carbons (Fsp3) is 0.240. The second-order valence-corrected chi connectivity index (χ2v) is 10.9. The van der Waals surface area contributed by atoms with Gasteiger partial charge in [0.25, 0.3) is 10.0 Å². The van der Waals surface area contributed by atoms with Crippen molar-refractivity contribution < 1.29 is 17.9 Å². The lowest BCUT2D eigenvalue weighted by atomic mass is 10.2.